The molecule has 1 fully saturated rings. The van der Waals surface area contributed by atoms with Gasteiger partial charge in [0.15, 0.2) is 0 Å². The van der Waals surface area contributed by atoms with Crippen LogP contribution in [0, 0.1) is 5.41 Å². The molecule has 0 unspecified atom stereocenters. The van der Waals surface area contributed by atoms with Gasteiger partial charge in [0.2, 0.25) is 11.8 Å². The van der Waals surface area contributed by atoms with Gasteiger partial charge in [0, 0.05) is 26.1 Å². The first-order valence-corrected chi connectivity index (χ1v) is 10.3. The summed E-state index contributed by atoms with van der Waals surface area (Å²) in [4.78, 5) is 27.4. The second kappa shape index (κ2) is 9.05. The molecule has 3 rings (SSSR count). The lowest BCUT2D eigenvalue weighted by atomic mass is 9.73. The SMILES string of the molecule is CCNC(=O)[C@@]1(Cc2ccccc2-c2ccccc2)CCCN(C(=O)CC)C1. The van der Waals surface area contributed by atoms with E-state index in [9.17, 15) is 9.59 Å². The van der Waals surface area contributed by atoms with Crippen molar-refractivity contribution in [2.75, 3.05) is 19.6 Å². The Morgan fingerprint density at radius 3 is 2.46 bits per heavy atom. The van der Waals surface area contributed by atoms with Gasteiger partial charge in [-0.3, -0.25) is 9.59 Å². The number of nitrogens with one attached hydrogen (secondary N) is 1. The van der Waals surface area contributed by atoms with Crippen LogP contribution >= 0.6 is 0 Å². The molecule has 1 aliphatic heterocycles. The first-order valence-electron chi connectivity index (χ1n) is 10.3. The highest BCUT2D eigenvalue weighted by Crippen LogP contribution is 2.37. The number of hydrogen-bond donors (Lipinski definition) is 1. The summed E-state index contributed by atoms with van der Waals surface area (Å²) in [6.45, 7) is 5.67. The predicted molar refractivity (Wildman–Crippen MR) is 113 cm³/mol. The largest absolute Gasteiger partial charge is 0.356 e. The van der Waals surface area contributed by atoms with Crippen molar-refractivity contribution in [3.8, 4) is 11.1 Å². The number of benzene rings is 2. The van der Waals surface area contributed by atoms with Gasteiger partial charge >= 0.3 is 0 Å². The van der Waals surface area contributed by atoms with E-state index in [0.29, 0.717) is 25.9 Å². The molecule has 1 heterocycles. The zero-order valence-electron chi connectivity index (χ0n) is 16.9. The van der Waals surface area contributed by atoms with E-state index in [2.05, 4.69) is 29.6 Å². The third kappa shape index (κ3) is 4.27. The Hall–Kier alpha value is -2.62. The molecule has 2 amide bonds. The van der Waals surface area contributed by atoms with Crippen LogP contribution in [0.1, 0.15) is 38.7 Å². The quantitative estimate of drug-likeness (QED) is 0.824. The number of nitrogens with zero attached hydrogens (tertiary/aromatic N) is 1. The number of carbonyl (C=O) groups excluding carboxylic acids is 2. The van der Waals surface area contributed by atoms with Gasteiger partial charge in [0.25, 0.3) is 0 Å². The maximum atomic E-state index is 13.2. The molecule has 0 saturated carbocycles. The van der Waals surface area contributed by atoms with Crippen LogP contribution in [0.15, 0.2) is 54.6 Å². The second-order valence-corrected chi connectivity index (χ2v) is 7.61. The fourth-order valence-electron chi connectivity index (χ4n) is 4.26. The first kappa shape index (κ1) is 20.1. The lowest BCUT2D eigenvalue weighted by Gasteiger charge is -2.42. The summed E-state index contributed by atoms with van der Waals surface area (Å²) in [6, 6.07) is 18.6. The summed E-state index contributed by atoms with van der Waals surface area (Å²) >= 11 is 0. The summed E-state index contributed by atoms with van der Waals surface area (Å²) in [5.74, 6) is 0.191. The molecule has 1 aliphatic rings. The van der Waals surface area contributed by atoms with E-state index < -0.39 is 5.41 Å². The molecule has 4 heteroatoms. The van der Waals surface area contributed by atoms with Crippen LogP contribution in [0.5, 0.6) is 0 Å². The Morgan fingerprint density at radius 2 is 1.75 bits per heavy atom. The molecule has 28 heavy (non-hydrogen) atoms. The van der Waals surface area contributed by atoms with Gasteiger partial charge < -0.3 is 10.2 Å². The van der Waals surface area contributed by atoms with Crippen molar-refractivity contribution in [2.24, 2.45) is 5.41 Å². The molecule has 2 aromatic rings. The maximum Gasteiger partial charge on any atom is 0.228 e. The van der Waals surface area contributed by atoms with E-state index in [1.54, 1.807) is 0 Å². The molecule has 0 bridgehead atoms. The molecule has 4 nitrogen and oxygen atoms in total. The molecule has 0 spiro atoms. The van der Waals surface area contributed by atoms with Crippen LogP contribution in [-0.4, -0.2) is 36.3 Å². The molecule has 1 saturated heterocycles. The van der Waals surface area contributed by atoms with E-state index in [-0.39, 0.29) is 11.8 Å². The number of carbonyl (C=O) groups is 2. The lowest BCUT2D eigenvalue weighted by Crippen LogP contribution is -2.54. The maximum absolute atomic E-state index is 13.2. The monoisotopic (exact) mass is 378 g/mol. The Labute approximate surface area is 167 Å². The number of amides is 2. The first-order chi connectivity index (χ1) is 13.6. The van der Waals surface area contributed by atoms with Gasteiger partial charge in [-0.2, -0.15) is 0 Å². The van der Waals surface area contributed by atoms with Gasteiger partial charge in [0.05, 0.1) is 5.41 Å². The van der Waals surface area contributed by atoms with Crippen molar-refractivity contribution in [2.45, 2.75) is 39.5 Å². The summed E-state index contributed by atoms with van der Waals surface area (Å²) in [6.07, 6.45) is 2.77. The summed E-state index contributed by atoms with van der Waals surface area (Å²) in [5, 5.41) is 3.04. The van der Waals surface area contributed by atoms with E-state index in [1.807, 2.05) is 49.1 Å². The van der Waals surface area contributed by atoms with Gasteiger partial charge in [0.1, 0.15) is 0 Å². The minimum Gasteiger partial charge on any atom is -0.356 e. The number of piperidine rings is 1. The lowest BCUT2D eigenvalue weighted by molar-refractivity contribution is -0.141. The van der Waals surface area contributed by atoms with Crippen LogP contribution in [0.2, 0.25) is 0 Å². The van der Waals surface area contributed by atoms with Crippen molar-refractivity contribution in [1.82, 2.24) is 10.2 Å². The van der Waals surface area contributed by atoms with Gasteiger partial charge in [-0.15, -0.1) is 0 Å². The van der Waals surface area contributed by atoms with Crippen LogP contribution < -0.4 is 5.32 Å². The topological polar surface area (TPSA) is 49.4 Å². The summed E-state index contributed by atoms with van der Waals surface area (Å²) in [5.41, 5.74) is 2.89. The number of likely N-dealkylation sites (tertiary alicyclic amines) is 1. The number of hydrogen-bond acceptors (Lipinski definition) is 2. The van der Waals surface area contributed by atoms with Crippen molar-refractivity contribution in [3.63, 3.8) is 0 Å². The van der Waals surface area contributed by atoms with Crippen molar-refractivity contribution < 1.29 is 9.59 Å². The average Bonchev–Trinajstić information content (AvgIpc) is 2.74. The van der Waals surface area contributed by atoms with Gasteiger partial charge in [-0.1, -0.05) is 61.5 Å². The molecule has 148 valence electrons. The Balaban J connectivity index is 1.97. The Morgan fingerprint density at radius 1 is 1.04 bits per heavy atom. The van der Waals surface area contributed by atoms with Crippen molar-refractivity contribution >= 4 is 11.8 Å². The minimum atomic E-state index is -0.579. The predicted octanol–water partition coefficient (Wildman–Crippen LogP) is 4.05. The molecular weight excluding hydrogens is 348 g/mol. The zero-order chi connectivity index (χ0) is 20.0. The Bertz CT molecular complexity index is 818. The molecule has 1 N–H and O–H groups in total. The fourth-order valence-corrected chi connectivity index (χ4v) is 4.26. The molecule has 0 aliphatic carbocycles. The summed E-state index contributed by atoms with van der Waals surface area (Å²) < 4.78 is 0. The molecule has 1 atom stereocenters. The second-order valence-electron chi connectivity index (χ2n) is 7.61. The zero-order valence-corrected chi connectivity index (χ0v) is 16.9. The normalized spacial score (nSPS) is 19.3. The average molecular weight is 379 g/mol. The highest BCUT2D eigenvalue weighted by molar-refractivity contribution is 5.85. The smallest absolute Gasteiger partial charge is 0.228 e. The van der Waals surface area contributed by atoms with Gasteiger partial charge in [-0.05, 0) is 42.9 Å². The minimum absolute atomic E-state index is 0.0615. The fraction of sp³-hybridized carbons (Fsp3) is 0.417. The Kier molecular flexibility index (Phi) is 6.50. The van der Waals surface area contributed by atoms with Crippen molar-refractivity contribution in [3.05, 3.63) is 60.2 Å². The summed E-state index contributed by atoms with van der Waals surface area (Å²) in [7, 11) is 0. The van der Waals surface area contributed by atoms with E-state index in [4.69, 9.17) is 0 Å². The van der Waals surface area contributed by atoms with E-state index >= 15 is 0 Å². The number of rotatable bonds is 6. The third-order valence-corrected chi connectivity index (χ3v) is 5.68. The highest BCUT2D eigenvalue weighted by atomic mass is 16.2. The van der Waals surface area contributed by atoms with Crippen LogP contribution in [0.25, 0.3) is 11.1 Å². The van der Waals surface area contributed by atoms with E-state index in [1.165, 1.54) is 0 Å². The van der Waals surface area contributed by atoms with Crippen LogP contribution in [0.4, 0.5) is 0 Å². The third-order valence-electron chi connectivity index (χ3n) is 5.68. The molecule has 2 aromatic carbocycles. The molecule has 0 aromatic heterocycles. The van der Waals surface area contributed by atoms with Crippen LogP contribution in [-0.2, 0) is 16.0 Å². The standard InChI is InChI=1S/C24H30N2O2/c1-3-22(27)26-16-10-15-24(18-26,23(28)25-4-2)17-20-13-8-9-14-21(20)19-11-6-5-7-12-19/h5-9,11-14H,3-4,10,15-18H2,1-2H3,(H,25,28)/t24-/m1/s1. The van der Waals surface area contributed by atoms with Crippen LogP contribution in [0.3, 0.4) is 0 Å². The van der Waals surface area contributed by atoms with E-state index in [0.717, 1.165) is 36.1 Å². The van der Waals surface area contributed by atoms with Gasteiger partial charge in [-0.25, -0.2) is 0 Å². The molecular formula is C24H30N2O2. The highest BCUT2D eigenvalue weighted by Gasteiger charge is 2.43. The molecule has 0 radical (unpaired) electrons. The van der Waals surface area contributed by atoms with Crippen molar-refractivity contribution in [1.29, 1.82) is 0 Å².